The second kappa shape index (κ2) is 7.52. The van der Waals surface area contributed by atoms with Gasteiger partial charge in [0.25, 0.3) is 5.91 Å². The quantitative estimate of drug-likeness (QED) is 0.655. The van der Waals surface area contributed by atoms with Crippen LogP contribution in [-0.2, 0) is 6.18 Å². The zero-order chi connectivity index (χ0) is 21.5. The van der Waals surface area contributed by atoms with Gasteiger partial charge in [-0.25, -0.2) is 14.4 Å². The van der Waals surface area contributed by atoms with Gasteiger partial charge in [-0.05, 0) is 30.3 Å². The van der Waals surface area contributed by atoms with Gasteiger partial charge in [-0.1, -0.05) is 6.07 Å². The number of carbonyl (C=O) groups is 1. The Labute approximate surface area is 167 Å². The Morgan fingerprint density at radius 1 is 1.13 bits per heavy atom. The number of rotatable bonds is 3. The zero-order valence-electron chi connectivity index (χ0n) is 15.3. The topological polar surface area (TPSA) is 75.5 Å². The third kappa shape index (κ3) is 4.04. The molecule has 1 amide bonds. The molecule has 10 heteroatoms. The summed E-state index contributed by atoms with van der Waals surface area (Å²) in [5.41, 5.74) is -0.286. The number of nitrogens with zero attached hydrogens (tertiary/aromatic N) is 3. The zero-order valence-corrected chi connectivity index (χ0v) is 15.3. The van der Waals surface area contributed by atoms with Crippen molar-refractivity contribution in [2.24, 2.45) is 0 Å². The van der Waals surface area contributed by atoms with Crippen LogP contribution in [-0.4, -0.2) is 51.2 Å². The van der Waals surface area contributed by atoms with Crippen LogP contribution in [0.5, 0.6) is 11.6 Å². The van der Waals surface area contributed by atoms with E-state index in [0.717, 1.165) is 12.1 Å². The molecule has 0 saturated carbocycles. The predicted octanol–water partition coefficient (Wildman–Crippen LogP) is 3.60. The summed E-state index contributed by atoms with van der Waals surface area (Å²) in [4.78, 5) is 21.6. The van der Waals surface area contributed by atoms with Gasteiger partial charge in [0.2, 0.25) is 5.88 Å². The third-order valence-corrected chi connectivity index (χ3v) is 4.67. The molecule has 0 aliphatic carbocycles. The molecule has 156 valence electrons. The SMILES string of the molecule is O=C(c1ccc2cc(Oc3ccc(C(F)(F)F)cn3)ccc2n1)N1CC(O)C(F)C1. The molecule has 0 radical (unpaired) electrons. The van der Waals surface area contributed by atoms with Gasteiger partial charge in [-0.15, -0.1) is 0 Å². The third-order valence-electron chi connectivity index (χ3n) is 4.67. The minimum atomic E-state index is -4.48. The first-order valence-corrected chi connectivity index (χ1v) is 8.94. The fourth-order valence-corrected chi connectivity index (χ4v) is 3.09. The van der Waals surface area contributed by atoms with Gasteiger partial charge in [0.15, 0.2) is 0 Å². The van der Waals surface area contributed by atoms with Crippen LogP contribution in [0.25, 0.3) is 10.9 Å². The Hall–Kier alpha value is -3.27. The molecule has 2 aromatic heterocycles. The number of likely N-dealkylation sites (tertiary alicyclic amines) is 1. The molecule has 1 aliphatic rings. The fraction of sp³-hybridized carbons (Fsp3) is 0.250. The number of aliphatic hydroxyl groups excluding tert-OH is 1. The molecular formula is C20H15F4N3O3. The number of β-amino-alcohol motifs (C(OH)–C–C–N with tert-alkyl or cyclic N) is 1. The van der Waals surface area contributed by atoms with Gasteiger partial charge in [-0.2, -0.15) is 13.2 Å². The van der Waals surface area contributed by atoms with Crippen molar-refractivity contribution in [2.45, 2.75) is 18.5 Å². The summed E-state index contributed by atoms with van der Waals surface area (Å²) in [5.74, 6) is -0.153. The summed E-state index contributed by atoms with van der Waals surface area (Å²) in [5, 5.41) is 10.1. The first kappa shape index (κ1) is 20.0. The van der Waals surface area contributed by atoms with Crippen LogP contribution in [0.2, 0.25) is 0 Å². The Bertz CT molecular complexity index is 1080. The summed E-state index contributed by atoms with van der Waals surface area (Å²) in [7, 11) is 0. The highest BCUT2D eigenvalue weighted by atomic mass is 19.4. The number of alkyl halides is 4. The largest absolute Gasteiger partial charge is 0.439 e. The number of carbonyl (C=O) groups excluding carboxylic acids is 1. The number of hydrogen-bond acceptors (Lipinski definition) is 5. The molecule has 1 saturated heterocycles. The number of pyridine rings is 2. The van der Waals surface area contributed by atoms with E-state index in [1.54, 1.807) is 24.3 Å². The van der Waals surface area contributed by atoms with E-state index < -0.39 is 29.9 Å². The molecule has 4 rings (SSSR count). The number of fused-ring (bicyclic) bond motifs is 1. The van der Waals surface area contributed by atoms with Crippen LogP contribution in [0.3, 0.4) is 0 Å². The molecule has 1 aromatic carbocycles. The second-order valence-corrected chi connectivity index (χ2v) is 6.83. The second-order valence-electron chi connectivity index (χ2n) is 6.83. The van der Waals surface area contributed by atoms with Crippen molar-refractivity contribution in [1.82, 2.24) is 14.9 Å². The molecule has 1 N–H and O–H groups in total. The van der Waals surface area contributed by atoms with E-state index in [-0.39, 0.29) is 24.7 Å². The van der Waals surface area contributed by atoms with Crippen molar-refractivity contribution in [3.8, 4) is 11.6 Å². The summed E-state index contributed by atoms with van der Waals surface area (Å²) in [6.45, 7) is -0.279. The van der Waals surface area contributed by atoms with E-state index in [2.05, 4.69) is 9.97 Å². The minimum absolute atomic E-state index is 0.00419. The molecule has 3 heterocycles. The minimum Gasteiger partial charge on any atom is -0.439 e. The van der Waals surface area contributed by atoms with E-state index in [1.807, 2.05) is 0 Å². The lowest BCUT2D eigenvalue weighted by Gasteiger charge is -2.15. The number of halogens is 4. The monoisotopic (exact) mass is 421 g/mol. The molecule has 0 spiro atoms. The van der Waals surface area contributed by atoms with Crippen LogP contribution in [0.4, 0.5) is 17.6 Å². The van der Waals surface area contributed by atoms with Crippen LogP contribution >= 0.6 is 0 Å². The molecular weight excluding hydrogens is 406 g/mol. The highest BCUT2D eigenvalue weighted by molar-refractivity contribution is 5.95. The van der Waals surface area contributed by atoms with Crippen molar-refractivity contribution < 1.29 is 32.2 Å². The first-order chi connectivity index (χ1) is 14.2. The van der Waals surface area contributed by atoms with E-state index in [1.165, 1.54) is 11.0 Å². The highest BCUT2D eigenvalue weighted by Gasteiger charge is 2.35. The van der Waals surface area contributed by atoms with E-state index in [0.29, 0.717) is 22.8 Å². The van der Waals surface area contributed by atoms with Crippen molar-refractivity contribution in [2.75, 3.05) is 13.1 Å². The van der Waals surface area contributed by atoms with Crippen molar-refractivity contribution in [1.29, 1.82) is 0 Å². The number of aliphatic hydroxyl groups is 1. The Morgan fingerprint density at radius 2 is 1.93 bits per heavy atom. The Morgan fingerprint density at radius 3 is 2.57 bits per heavy atom. The molecule has 1 aliphatic heterocycles. The fourth-order valence-electron chi connectivity index (χ4n) is 3.09. The van der Waals surface area contributed by atoms with Gasteiger partial charge in [0.1, 0.15) is 23.7 Å². The van der Waals surface area contributed by atoms with Gasteiger partial charge in [0.05, 0.1) is 17.6 Å². The molecule has 2 unspecified atom stereocenters. The predicted molar refractivity (Wildman–Crippen MR) is 97.9 cm³/mol. The van der Waals surface area contributed by atoms with Crippen LogP contribution in [0.1, 0.15) is 16.1 Å². The van der Waals surface area contributed by atoms with E-state index >= 15 is 0 Å². The Balaban J connectivity index is 1.51. The van der Waals surface area contributed by atoms with Gasteiger partial charge in [0, 0.05) is 24.2 Å². The number of aromatic nitrogens is 2. The molecule has 3 aromatic rings. The maximum atomic E-state index is 13.5. The van der Waals surface area contributed by atoms with Crippen molar-refractivity contribution in [3.63, 3.8) is 0 Å². The average Bonchev–Trinajstić information content (AvgIpc) is 3.05. The van der Waals surface area contributed by atoms with Crippen LogP contribution in [0, 0.1) is 0 Å². The van der Waals surface area contributed by atoms with Crippen LogP contribution < -0.4 is 4.74 Å². The van der Waals surface area contributed by atoms with Crippen molar-refractivity contribution in [3.05, 3.63) is 59.9 Å². The maximum Gasteiger partial charge on any atom is 0.417 e. The standard InChI is InChI=1S/C20H15F4N3O3/c21-14-9-27(10-17(14)28)19(29)16-4-1-11-7-13(3-5-15(11)26-16)30-18-6-2-12(8-25-18)20(22,23)24/h1-8,14,17,28H,9-10H2. The summed E-state index contributed by atoms with van der Waals surface area (Å²) < 4.78 is 56.8. The first-order valence-electron chi connectivity index (χ1n) is 8.94. The summed E-state index contributed by atoms with van der Waals surface area (Å²) in [6.07, 6.45) is -6.47. The summed E-state index contributed by atoms with van der Waals surface area (Å²) in [6, 6.07) is 9.83. The van der Waals surface area contributed by atoms with Crippen molar-refractivity contribution >= 4 is 16.8 Å². The van der Waals surface area contributed by atoms with Gasteiger partial charge >= 0.3 is 6.18 Å². The number of amides is 1. The highest BCUT2D eigenvalue weighted by Crippen LogP contribution is 2.30. The van der Waals surface area contributed by atoms with Crippen LogP contribution in [0.15, 0.2) is 48.7 Å². The molecule has 1 fully saturated rings. The van der Waals surface area contributed by atoms with Gasteiger partial charge < -0.3 is 14.7 Å². The Kier molecular flexibility index (Phi) is 5.02. The van der Waals surface area contributed by atoms with E-state index in [4.69, 9.17) is 4.74 Å². The normalized spacial score (nSPS) is 19.3. The van der Waals surface area contributed by atoms with Gasteiger partial charge in [-0.3, -0.25) is 4.79 Å². The number of ether oxygens (including phenoxy) is 1. The van der Waals surface area contributed by atoms with E-state index in [9.17, 15) is 27.5 Å². The lowest BCUT2D eigenvalue weighted by atomic mass is 10.2. The smallest absolute Gasteiger partial charge is 0.417 e. The molecule has 0 bridgehead atoms. The molecule has 30 heavy (non-hydrogen) atoms. The average molecular weight is 421 g/mol. The molecule has 6 nitrogen and oxygen atoms in total. The summed E-state index contributed by atoms with van der Waals surface area (Å²) >= 11 is 0. The number of benzene rings is 1. The lowest BCUT2D eigenvalue weighted by molar-refractivity contribution is -0.137. The molecule has 2 atom stereocenters. The lowest BCUT2D eigenvalue weighted by Crippen LogP contribution is -2.30. The maximum absolute atomic E-state index is 13.5. The number of hydrogen-bond donors (Lipinski definition) is 1.